The van der Waals surface area contributed by atoms with Crippen LogP contribution in [0.5, 0.6) is 0 Å². The van der Waals surface area contributed by atoms with Gasteiger partial charge in [-0.2, -0.15) is 21.6 Å². The molecule has 3 fully saturated rings. The molecule has 0 heterocycles. The van der Waals surface area contributed by atoms with Gasteiger partial charge in [0.2, 0.25) is 6.10 Å². The van der Waals surface area contributed by atoms with Crippen LogP contribution in [-0.4, -0.2) is 37.0 Å². The number of carbonyl (C=O) groups is 1. The SMILES string of the molecule is O=C(OC(CS(=O)(=O)O)C(F)(F)F)c1c(C2CCCCC2)cc(C2CCCCC2)cc1C1CCCCC1. The zero-order valence-corrected chi connectivity index (χ0v) is 22.2. The maximum absolute atomic E-state index is 13.7. The van der Waals surface area contributed by atoms with Gasteiger partial charge in [-0.25, -0.2) is 4.79 Å². The first-order valence-electron chi connectivity index (χ1n) is 13.9. The number of esters is 1. The number of hydrogen-bond acceptors (Lipinski definition) is 4. The van der Waals surface area contributed by atoms with Crippen LogP contribution in [0.4, 0.5) is 13.2 Å². The van der Waals surface area contributed by atoms with E-state index in [2.05, 4.69) is 12.1 Å². The van der Waals surface area contributed by atoms with Crippen molar-refractivity contribution in [1.29, 1.82) is 0 Å². The molecule has 9 heteroatoms. The van der Waals surface area contributed by atoms with Crippen LogP contribution in [0.25, 0.3) is 0 Å². The smallest absolute Gasteiger partial charge is 0.426 e. The number of hydrogen-bond donors (Lipinski definition) is 1. The second-order valence-electron chi connectivity index (χ2n) is 11.3. The lowest BCUT2D eigenvalue weighted by atomic mass is 9.73. The van der Waals surface area contributed by atoms with Crippen LogP contribution in [0.2, 0.25) is 0 Å². The molecule has 0 spiro atoms. The normalized spacial score (nSPS) is 22.1. The Bertz CT molecular complexity index is 995. The molecule has 0 radical (unpaired) electrons. The number of carbonyl (C=O) groups excluding carboxylic acids is 1. The van der Waals surface area contributed by atoms with E-state index in [4.69, 9.17) is 9.29 Å². The molecule has 1 N–H and O–H groups in total. The molecule has 3 aliphatic rings. The molecule has 0 aromatic heterocycles. The van der Waals surface area contributed by atoms with Gasteiger partial charge in [-0.05, 0) is 73.0 Å². The fourth-order valence-electron chi connectivity index (χ4n) is 6.67. The molecule has 3 aliphatic carbocycles. The molecule has 1 unspecified atom stereocenters. The minimum atomic E-state index is -5.12. The summed E-state index contributed by atoms with van der Waals surface area (Å²) < 4.78 is 77.7. The fourth-order valence-corrected chi connectivity index (χ4v) is 7.30. The zero-order valence-electron chi connectivity index (χ0n) is 21.4. The number of rotatable bonds is 7. The van der Waals surface area contributed by atoms with Crippen LogP contribution in [0, 0.1) is 0 Å². The van der Waals surface area contributed by atoms with E-state index < -0.39 is 34.1 Å². The third-order valence-electron chi connectivity index (χ3n) is 8.57. The van der Waals surface area contributed by atoms with Crippen LogP contribution in [-0.2, 0) is 14.9 Å². The summed E-state index contributed by atoms with van der Waals surface area (Å²) in [4.78, 5) is 13.6. The summed E-state index contributed by atoms with van der Waals surface area (Å²) in [6.07, 6.45) is 7.26. The highest BCUT2D eigenvalue weighted by atomic mass is 32.2. The summed E-state index contributed by atoms with van der Waals surface area (Å²) in [6, 6.07) is 4.11. The third-order valence-corrected chi connectivity index (χ3v) is 9.29. The van der Waals surface area contributed by atoms with E-state index in [1.54, 1.807) is 0 Å². The van der Waals surface area contributed by atoms with Crippen molar-refractivity contribution in [3.63, 3.8) is 0 Å². The van der Waals surface area contributed by atoms with Crippen molar-refractivity contribution in [1.82, 2.24) is 0 Å². The zero-order chi connectivity index (χ0) is 26.6. The Morgan fingerprint density at radius 1 is 0.811 bits per heavy atom. The highest BCUT2D eigenvalue weighted by Crippen LogP contribution is 2.44. The summed E-state index contributed by atoms with van der Waals surface area (Å²) in [7, 11) is -5.01. The van der Waals surface area contributed by atoms with Gasteiger partial charge >= 0.3 is 12.1 Å². The van der Waals surface area contributed by atoms with E-state index in [0.717, 1.165) is 101 Å². The van der Waals surface area contributed by atoms with Gasteiger partial charge in [0.1, 0.15) is 5.75 Å². The highest BCUT2D eigenvalue weighted by molar-refractivity contribution is 7.85. The van der Waals surface area contributed by atoms with Crippen LogP contribution in [0.15, 0.2) is 12.1 Å². The standard InChI is InChI=1S/C28H39F3O5S/c29-28(30,31)25(18-37(33,34)35)36-27(32)26-23(20-12-6-2-7-13-20)16-22(19-10-4-1-5-11-19)17-24(26)21-14-8-3-9-15-21/h16-17,19-21,25H,1-15,18H2,(H,33,34,35). The van der Waals surface area contributed by atoms with Crippen molar-refractivity contribution in [3.05, 3.63) is 34.4 Å². The Kier molecular flexibility index (Phi) is 9.25. The molecule has 3 saturated carbocycles. The van der Waals surface area contributed by atoms with Gasteiger partial charge in [-0.15, -0.1) is 0 Å². The van der Waals surface area contributed by atoms with E-state index in [9.17, 15) is 26.4 Å². The van der Waals surface area contributed by atoms with Gasteiger partial charge in [-0.3, -0.25) is 4.55 Å². The molecule has 0 aliphatic heterocycles. The van der Waals surface area contributed by atoms with E-state index in [-0.39, 0.29) is 17.4 Å². The van der Waals surface area contributed by atoms with E-state index in [1.807, 2.05) is 0 Å². The lowest BCUT2D eigenvalue weighted by Gasteiger charge is -2.32. The molecule has 37 heavy (non-hydrogen) atoms. The van der Waals surface area contributed by atoms with E-state index in [1.165, 1.54) is 12.0 Å². The average Bonchev–Trinajstić information content (AvgIpc) is 2.88. The van der Waals surface area contributed by atoms with Crippen LogP contribution < -0.4 is 0 Å². The number of alkyl halides is 3. The van der Waals surface area contributed by atoms with E-state index in [0.29, 0.717) is 5.92 Å². The first-order chi connectivity index (χ1) is 17.5. The Labute approximate surface area is 218 Å². The summed E-state index contributed by atoms with van der Waals surface area (Å²) in [5, 5.41) is 0. The minimum absolute atomic E-state index is 0.0630. The molecule has 4 rings (SSSR count). The van der Waals surface area contributed by atoms with Crippen molar-refractivity contribution in [2.45, 2.75) is 126 Å². The maximum atomic E-state index is 13.7. The molecule has 1 atom stereocenters. The second-order valence-corrected chi connectivity index (χ2v) is 12.8. The Hall–Kier alpha value is -1.61. The number of ether oxygens (including phenoxy) is 1. The van der Waals surface area contributed by atoms with Crippen molar-refractivity contribution in [2.75, 3.05) is 5.75 Å². The summed E-state index contributed by atoms with van der Waals surface area (Å²) in [5.41, 5.74) is 2.95. The molecular formula is C28H39F3O5S. The largest absolute Gasteiger partial charge is 0.448 e. The van der Waals surface area contributed by atoms with Gasteiger partial charge in [0.15, 0.2) is 0 Å². The first kappa shape index (κ1) is 28.4. The fraction of sp³-hybridized carbons (Fsp3) is 0.750. The summed E-state index contributed by atoms with van der Waals surface area (Å²) in [6.45, 7) is 0. The first-order valence-corrected chi connectivity index (χ1v) is 15.5. The monoisotopic (exact) mass is 544 g/mol. The topological polar surface area (TPSA) is 80.7 Å². The maximum Gasteiger partial charge on any atom is 0.426 e. The average molecular weight is 545 g/mol. The Morgan fingerprint density at radius 3 is 1.59 bits per heavy atom. The molecule has 0 saturated heterocycles. The molecule has 1 aromatic carbocycles. The highest BCUT2D eigenvalue weighted by Gasteiger charge is 2.46. The van der Waals surface area contributed by atoms with Gasteiger partial charge in [0.25, 0.3) is 10.1 Å². The van der Waals surface area contributed by atoms with Gasteiger partial charge in [-0.1, -0.05) is 69.9 Å². The van der Waals surface area contributed by atoms with Gasteiger partial charge in [0.05, 0.1) is 5.56 Å². The number of halogens is 3. The van der Waals surface area contributed by atoms with Crippen LogP contribution in [0.1, 0.15) is 141 Å². The molecule has 0 amide bonds. The quantitative estimate of drug-likeness (QED) is 0.280. The molecular weight excluding hydrogens is 505 g/mol. The Morgan fingerprint density at radius 2 is 1.22 bits per heavy atom. The van der Waals surface area contributed by atoms with Crippen molar-refractivity contribution in [2.24, 2.45) is 0 Å². The second kappa shape index (κ2) is 12.1. The lowest BCUT2D eigenvalue weighted by Crippen LogP contribution is -2.40. The molecule has 208 valence electrons. The van der Waals surface area contributed by atoms with Crippen molar-refractivity contribution >= 4 is 16.1 Å². The summed E-state index contributed by atoms with van der Waals surface area (Å²) >= 11 is 0. The Balaban J connectivity index is 1.81. The lowest BCUT2D eigenvalue weighted by molar-refractivity contribution is -0.197. The predicted octanol–water partition coefficient (Wildman–Crippen LogP) is 7.81. The van der Waals surface area contributed by atoms with Crippen molar-refractivity contribution < 1.29 is 35.7 Å². The van der Waals surface area contributed by atoms with Crippen LogP contribution >= 0.6 is 0 Å². The van der Waals surface area contributed by atoms with Crippen LogP contribution in [0.3, 0.4) is 0 Å². The van der Waals surface area contributed by atoms with Crippen molar-refractivity contribution in [3.8, 4) is 0 Å². The summed E-state index contributed by atoms with van der Waals surface area (Å²) in [5.74, 6) is -2.32. The predicted molar refractivity (Wildman–Crippen MR) is 136 cm³/mol. The third kappa shape index (κ3) is 7.49. The molecule has 5 nitrogen and oxygen atoms in total. The number of benzene rings is 1. The van der Waals surface area contributed by atoms with Gasteiger partial charge in [0, 0.05) is 0 Å². The van der Waals surface area contributed by atoms with Gasteiger partial charge < -0.3 is 4.74 Å². The molecule has 1 aromatic rings. The minimum Gasteiger partial charge on any atom is -0.448 e. The van der Waals surface area contributed by atoms with E-state index >= 15 is 0 Å². The molecule has 0 bridgehead atoms.